The number of hydrogen-bond acceptors (Lipinski definition) is 5. The Hall–Kier alpha value is -4.35. The summed E-state index contributed by atoms with van der Waals surface area (Å²) < 4.78 is 0. The van der Waals surface area contributed by atoms with Crippen LogP contribution in [0.3, 0.4) is 0 Å². The Labute approximate surface area is 269 Å². The third-order valence-corrected chi connectivity index (χ3v) is 10.0. The maximum atomic E-state index is 12.6. The van der Waals surface area contributed by atoms with Gasteiger partial charge in [0.1, 0.15) is 0 Å². The Morgan fingerprint density at radius 3 is 1.29 bits per heavy atom. The fourth-order valence-corrected chi connectivity index (χ4v) is 7.80. The molecule has 0 unspecified atom stereocenters. The number of benzene rings is 3. The number of Topliss-reactive ketones (excluding diaryl/α,β-unsaturated/α-hetero) is 1. The van der Waals surface area contributed by atoms with E-state index in [1.165, 1.54) is 28.1 Å². The molecule has 2 N–H and O–H groups in total. The molecule has 3 aromatic carbocycles. The molecule has 3 aromatic rings. The Morgan fingerprint density at radius 1 is 0.578 bits per heavy atom. The number of carbonyl (C=O) groups excluding carboxylic acids is 5. The van der Waals surface area contributed by atoms with E-state index in [4.69, 9.17) is 0 Å². The van der Waals surface area contributed by atoms with Crippen molar-refractivity contribution in [1.82, 2.24) is 10.6 Å². The molecular formula is C37H49N2O5P. The van der Waals surface area contributed by atoms with Crippen LogP contribution in [0.4, 0.5) is 0 Å². The molecule has 0 aromatic heterocycles. The van der Waals surface area contributed by atoms with Crippen LogP contribution in [0.5, 0.6) is 0 Å². The molecule has 0 heterocycles. The van der Waals surface area contributed by atoms with Crippen molar-refractivity contribution in [3.05, 3.63) is 103 Å². The van der Waals surface area contributed by atoms with Crippen molar-refractivity contribution in [2.24, 2.45) is 0 Å². The molecule has 242 valence electrons. The molecule has 0 atom stereocenters. The Bertz CT molecular complexity index is 1260. The molecule has 0 spiro atoms. The minimum atomic E-state index is -2.18. The number of likely N-dealkylation sites (N-methyl/N-ethyl adjacent to an activating group) is 1. The topological polar surface area (TPSA) is 109 Å². The van der Waals surface area contributed by atoms with Crippen molar-refractivity contribution in [2.45, 2.75) is 60.8 Å². The summed E-state index contributed by atoms with van der Waals surface area (Å²) in [6, 6.07) is 31.1. The second kappa shape index (κ2) is 24.0. The quantitative estimate of drug-likeness (QED) is 0.117. The van der Waals surface area contributed by atoms with Gasteiger partial charge in [0.2, 0.25) is 11.8 Å². The van der Waals surface area contributed by atoms with Crippen LogP contribution in [0.2, 0.25) is 0 Å². The number of allylic oxidation sites excluding steroid dienone is 1. The highest BCUT2D eigenvalue weighted by Gasteiger charge is 2.26. The summed E-state index contributed by atoms with van der Waals surface area (Å²) in [5, 5.41) is 9.05. The molecule has 2 amide bonds. The van der Waals surface area contributed by atoms with E-state index in [-0.39, 0.29) is 30.8 Å². The SMILES string of the molecule is C.CCCC(=O)/C=C/C(=O)NCC.CCCC(=O)C=O.CCNC(=O)C=P(c1ccccc1)(c1ccccc1)c1ccccc1. The van der Waals surface area contributed by atoms with Crippen LogP contribution < -0.4 is 26.5 Å². The van der Waals surface area contributed by atoms with Crippen LogP contribution in [0.15, 0.2) is 103 Å². The zero-order valence-electron chi connectivity index (χ0n) is 26.2. The first-order valence-electron chi connectivity index (χ1n) is 14.9. The zero-order chi connectivity index (χ0) is 32.6. The first-order chi connectivity index (χ1) is 21.3. The number of hydrogen-bond donors (Lipinski definition) is 2. The van der Waals surface area contributed by atoms with E-state index in [0.29, 0.717) is 32.2 Å². The minimum absolute atomic E-state index is 0. The fraction of sp³-hybridized carbons (Fsp3) is 0.297. The van der Waals surface area contributed by atoms with Gasteiger partial charge in [-0.15, -0.1) is 0 Å². The van der Waals surface area contributed by atoms with Crippen molar-refractivity contribution in [1.29, 1.82) is 0 Å². The predicted octanol–water partition coefficient (Wildman–Crippen LogP) is 5.16. The fourth-order valence-electron chi connectivity index (χ4n) is 4.09. The summed E-state index contributed by atoms with van der Waals surface area (Å²) in [5.41, 5.74) is 0. The van der Waals surface area contributed by atoms with Gasteiger partial charge < -0.3 is 10.6 Å². The van der Waals surface area contributed by atoms with Gasteiger partial charge in [-0.05, 0) is 55.6 Å². The van der Waals surface area contributed by atoms with Gasteiger partial charge in [0.25, 0.3) is 0 Å². The molecule has 0 saturated carbocycles. The number of carbonyl (C=O) groups is 5. The minimum Gasteiger partial charge on any atom is -0.353 e. The highest BCUT2D eigenvalue weighted by molar-refractivity contribution is 7.95. The first-order valence-corrected chi connectivity index (χ1v) is 16.8. The van der Waals surface area contributed by atoms with Crippen LogP contribution in [0.1, 0.15) is 60.8 Å². The first kappa shape index (κ1) is 40.7. The predicted molar refractivity (Wildman–Crippen MR) is 190 cm³/mol. The maximum absolute atomic E-state index is 12.6. The molecule has 0 radical (unpaired) electrons. The molecule has 3 rings (SSSR count). The Balaban J connectivity index is 0.000000810. The molecule has 8 heteroatoms. The third-order valence-electron chi connectivity index (χ3n) is 6.05. The van der Waals surface area contributed by atoms with Crippen molar-refractivity contribution >= 4 is 58.3 Å². The average molecular weight is 633 g/mol. The van der Waals surface area contributed by atoms with Gasteiger partial charge in [0.05, 0.1) is 0 Å². The van der Waals surface area contributed by atoms with Crippen LogP contribution >= 0.6 is 6.89 Å². The highest BCUT2D eigenvalue weighted by atomic mass is 31.2. The zero-order valence-corrected chi connectivity index (χ0v) is 27.1. The molecule has 0 bridgehead atoms. The van der Waals surface area contributed by atoms with E-state index in [1.807, 2.05) is 88.1 Å². The summed E-state index contributed by atoms with van der Waals surface area (Å²) in [7, 11) is 0. The molecule has 0 aliphatic carbocycles. The van der Waals surface area contributed by atoms with Gasteiger partial charge in [-0.2, -0.15) is 0 Å². The van der Waals surface area contributed by atoms with Crippen LogP contribution in [0.25, 0.3) is 0 Å². The number of aldehydes is 1. The summed E-state index contributed by atoms with van der Waals surface area (Å²) in [6.07, 6.45) is 5.45. The van der Waals surface area contributed by atoms with E-state index < -0.39 is 6.89 Å². The summed E-state index contributed by atoms with van der Waals surface area (Å²) in [4.78, 5) is 53.9. The van der Waals surface area contributed by atoms with Crippen molar-refractivity contribution < 1.29 is 24.0 Å². The molecule has 0 fully saturated rings. The lowest BCUT2D eigenvalue weighted by atomic mass is 10.2. The molecule has 45 heavy (non-hydrogen) atoms. The Morgan fingerprint density at radius 2 is 0.956 bits per heavy atom. The number of amides is 2. The normalized spacial score (nSPS) is 10.0. The van der Waals surface area contributed by atoms with E-state index in [2.05, 4.69) is 47.0 Å². The largest absolute Gasteiger partial charge is 0.353 e. The van der Waals surface area contributed by atoms with E-state index in [0.717, 1.165) is 12.8 Å². The van der Waals surface area contributed by atoms with E-state index in [9.17, 15) is 24.0 Å². The summed E-state index contributed by atoms with van der Waals surface area (Å²) in [6.45, 7) is 6.60. The lowest BCUT2D eigenvalue weighted by Gasteiger charge is -2.28. The van der Waals surface area contributed by atoms with E-state index in [1.54, 1.807) is 0 Å². The Kier molecular flexibility index (Phi) is 21.7. The lowest BCUT2D eigenvalue weighted by Crippen LogP contribution is -2.32. The number of ketones is 2. The average Bonchev–Trinajstić information content (AvgIpc) is 3.05. The van der Waals surface area contributed by atoms with Gasteiger partial charge in [-0.1, -0.05) is 112 Å². The smallest absolute Gasteiger partial charge is 0.245 e. The lowest BCUT2D eigenvalue weighted by molar-refractivity contribution is -0.129. The van der Waals surface area contributed by atoms with Crippen molar-refractivity contribution in [3.63, 3.8) is 0 Å². The molecular weight excluding hydrogens is 583 g/mol. The monoisotopic (exact) mass is 632 g/mol. The van der Waals surface area contributed by atoms with Gasteiger partial charge >= 0.3 is 0 Å². The van der Waals surface area contributed by atoms with Crippen LogP contribution in [0, 0.1) is 0 Å². The van der Waals surface area contributed by atoms with Gasteiger partial charge in [-0.25, -0.2) is 0 Å². The number of nitrogens with one attached hydrogen (secondary N) is 2. The molecule has 7 nitrogen and oxygen atoms in total. The van der Waals surface area contributed by atoms with Gasteiger partial charge in [0.15, 0.2) is 17.9 Å². The highest BCUT2D eigenvalue weighted by Crippen LogP contribution is 2.43. The number of rotatable bonds is 13. The summed E-state index contributed by atoms with van der Waals surface area (Å²) in [5.74, 6) is 1.39. The van der Waals surface area contributed by atoms with Gasteiger partial charge in [0, 0.05) is 37.8 Å². The third kappa shape index (κ3) is 14.8. The second-order valence-electron chi connectivity index (χ2n) is 9.53. The molecule has 0 aliphatic rings. The second-order valence-corrected chi connectivity index (χ2v) is 12.8. The van der Waals surface area contributed by atoms with E-state index >= 15 is 0 Å². The van der Waals surface area contributed by atoms with Crippen molar-refractivity contribution in [2.75, 3.05) is 13.1 Å². The van der Waals surface area contributed by atoms with Gasteiger partial charge in [-0.3, -0.25) is 24.0 Å². The van der Waals surface area contributed by atoms with Crippen molar-refractivity contribution in [3.8, 4) is 0 Å². The maximum Gasteiger partial charge on any atom is 0.245 e. The van der Waals surface area contributed by atoms with Crippen LogP contribution in [-0.2, 0) is 24.0 Å². The molecule has 0 aliphatic heterocycles. The summed E-state index contributed by atoms with van der Waals surface area (Å²) >= 11 is 0. The molecule has 0 saturated heterocycles. The standard InChI is InChI=1S/C22H22NOP.C9H15NO2.C5H8O2.CH4/c1-2-23-22(24)18-25(19-12-6-3-7-13-19,20-14-8-4-9-15-20)21-16-10-5-11-17-21;1-3-5-8(11)6-7-9(12)10-4-2;1-2-3-5(7)4-6;/h3-18H,2H2,1H3,(H,23,24);6-7H,3-5H2,1-2H3,(H,10,12);4H,2-3H2,1H3;1H4/b;7-6+;;. The van der Waals surface area contributed by atoms with Crippen LogP contribution in [-0.4, -0.2) is 48.6 Å².